The normalized spacial score (nSPS) is 15.1. The molecule has 7 heteroatoms. The summed E-state index contributed by atoms with van der Waals surface area (Å²) < 4.78 is 5.44. The average Bonchev–Trinajstić information content (AvgIpc) is 3.37. The van der Waals surface area contributed by atoms with Crippen molar-refractivity contribution in [1.82, 2.24) is 14.8 Å². The summed E-state index contributed by atoms with van der Waals surface area (Å²) in [6, 6.07) is 2.07. The van der Waals surface area contributed by atoms with Crippen LogP contribution in [0.25, 0.3) is 10.6 Å². The fourth-order valence-corrected chi connectivity index (χ4v) is 5.12. The lowest BCUT2D eigenvalue weighted by Crippen LogP contribution is -2.43. The summed E-state index contributed by atoms with van der Waals surface area (Å²) >= 11 is 3.19. The van der Waals surface area contributed by atoms with E-state index < -0.39 is 0 Å². The van der Waals surface area contributed by atoms with Gasteiger partial charge in [0, 0.05) is 43.7 Å². The molecule has 1 aliphatic heterocycles. The highest BCUT2D eigenvalue weighted by Gasteiger charge is 2.23. The standard InChI is InChI=1S/C21H31N3O2S2/c1-3-4-5-6-8-24(10-9-23-11-13-26-14-12-23)21(25)19-17(2)22-20(28-19)18-7-15-27-16-18/h7,15-16H,3-6,8-14H2,1-2H3. The summed E-state index contributed by atoms with van der Waals surface area (Å²) in [5, 5.41) is 5.09. The largest absolute Gasteiger partial charge is 0.379 e. The van der Waals surface area contributed by atoms with Crippen molar-refractivity contribution in [3.63, 3.8) is 0 Å². The maximum Gasteiger partial charge on any atom is 0.265 e. The number of hydrogen-bond acceptors (Lipinski definition) is 6. The molecule has 1 aliphatic rings. The number of carbonyl (C=O) groups is 1. The Morgan fingerprint density at radius 1 is 1.25 bits per heavy atom. The van der Waals surface area contributed by atoms with E-state index in [4.69, 9.17) is 4.74 Å². The zero-order chi connectivity index (χ0) is 19.8. The summed E-state index contributed by atoms with van der Waals surface area (Å²) in [6.07, 6.45) is 4.69. The third-order valence-corrected chi connectivity index (χ3v) is 7.00. The van der Waals surface area contributed by atoms with Crippen LogP contribution in [0.3, 0.4) is 0 Å². The smallest absolute Gasteiger partial charge is 0.265 e. The van der Waals surface area contributed by atoms with E-state index >= 15 is 0 Å². The molecule has 0 atom stereocenters. The molecule has 0 unspecified atom stereocenters. The molecule has 0 aliphatic carbocycles. The molecule has 0 radical (unpaired) electrons. The van der Waals surface area contributed by atoms with E-state index in [-0.39, 0.29) is 5.91 Å². The molecule has 1 fully saturated rings. The van der Waals surface area contributed by atoms with Gasteiger partial charge in [0.15, 0.2) is 0 Å². The maximum absolute atomic E-state index is 13.3. The van der Waals surface area contributed by atoms with Crippen LogP contribution in [-0.2, 0) is 4.74 Å². The summed E-state index contributed by atoms with van der Waals surface area (Å²) in [5.74, 6) is 0.140. The molecule has 1 saturated heterocycles. The lowest BCUT2D eigenvalue weighted by molar-refractivity contribution is 0.0324. The van der Waals surface area contributed by atoms with Gasteiger partial charge in [-0.1, -0.05) is 26.2 Å². The zero-order valence-electron chi connectivity index (χ0n) is 17.0. The molecule has 5 nitrogen and oxygen atoms in total. The third-order valence-electron chi connectivity index (χ3n) is 5.12. The van der Waals surface area contributed by atoms with Gasteiger partial charge in [0.1, 0.15) is 9.88 Å². The predicted octanol–water partition coefficient (Wildman–Crippen LogP) is 4.53. The highest BCUT2D eigenvalue weighted by Crippen LogP contribution is 2.30. The molecule has 154 valence electrons. The van der Waals surface area contributed by atoms with Gasteiger partial charge in [0.05, 0.1) is 18.9 Å². The lowest BCUT2D eigenvalue weighted by atomic mass is 10.2. The first-order chi connectivity index (χ1) is 13.7. The number of nitrogens with zero attached hydrogens (tertiary/aromatic N) is 3. The molecule has 2 aromatic heterocycles. The molecule has 0 spiro atoms. The van der Waals surface area contributed by atoms with E-state index in [1.165, 1.54) is 30.6 Å². The molecular formula is C21H31N3O2S2. The fraction of sp³-hybridized carbons (Fsp3) is 0.619. The van der Waals surface area contributed by atoms with Gasteiger partial charge in [0.2, 0.25) is 0 Å². The van der Waals surface area contributed by atoms with E-state index in [2.05, 4.69) is 33.6 Å². The summed E-state index contributed by atoms with van der Waals surface area (Å²) in [6.45, 7) is 10.2. The molecule has 2 aromatic rings. The first kappa shape index (κ1) is 21.4. The Kier molecular flexibility index (Phi) is 8.45. The van der Waals surface area contributed by atoms with Crippen molar-refractivity contribution in [3.8, 4) is 10.6 Å². The van der Waals surface area contributed by atoms with Gasteiger partial charge in [-0.15, -0.1) is 11.3 Å². The summed E-state index contributed by atoms with van der Waals surface area (Å²) in [7, 11) is 0. The van der Waals surface area contributed by atoms with E-state index in [0.29, 0.717) is 0 Å². The van der Waals surface area contributed by atoms with Crippen molar-refractivity contribution in [3.05, 3.63) is 27.4 Å². The van der Waals surface area contributed by atoms with Crippen LogP contribution >= 0.6 is 22.7 Å². The van der Waals surface area contributed by atoms with Gasteiger partial charge in [-0.05, 0) is 24.8 Å². The first-order valence-electron chi connectivity index (χ1n) is 10.3. The van der Waals surface area contributed by atoms with Gasteiger partial charge < -0.3 is 9.64 Å². The molecule has 0 bridgehead atoms. The number of hydrogen-bond donors (Lipinski definition) is 0. The van der Waals surface area contributed by atoms with E-state index in [1.807, 2.05) is 11.8 Å². The summed E-state index contributed by atoms with van der Waals surface area (Å²) in [4.78, 5) is 23.2. The molecule has 0 saturated carbocycles. The minimum atomic E-state index is 0.140. The van der Waals surface area contributed by atoms with Gasteiger partial charge >= 0.3 is 0 Å². The van der Waals surface area contributed by atoms with Crippen LogP contribution in [0.4, 0.5) is 0 Å². The number of rotatable bonds is 10. The van der Waals surface area contributed by atoms with Crippen LogP contribution in [0.2, 0.25) is 0 Å². The number of thiazole rings is 1. The third kappa shape index (κ3) is 5.86. The highest BCUT2D eigenvalue weighted by atomic mass is 32.1. The molecule has 0 N–H and O–H groups in total. The monoisotopic (exact) mass is 421 g/mol. The Morgan fingerprint density at radius 3 is 2.79 bits per heavy atom. The number of thiophene rings is 1. The second kappa shape index (κ2) is 11.0. The van der Waals surface area contributed by atoms with Crippen LogP contribution in [0.15, 0.2) is 16.8 Å². The number of aryl methyl sites for hydroxylation is 1. The Hall–Kier alpha value is -1.28. The Morgan fingerprint density at radius 2 is 2.07 bits per heavy atom. The SMILES string of the molecule is CCCCCCN(CCN1CCOCC1)C(=O)c1sc(-c2ccsc2)nc1C. The highest BCUT2D eigenvalue weighted by molar-refractivity contribution is 7.17. The van der Waals surface area contributed by atoms with Crippen LogP contribution in [0.5, 0.6) is 0 Å². The average molecular weight is 422 g/mol. The topological polar surface area (TPSA) is 45.7 Å². The zero-order valence-corrected chi connectivity index (χ0v) is 18.6. The first-order valence-corrected chi connectivity index (χ1v) is 12.0. The Bertz CT molecular complexity index is 724. The number of carbonyl (C=O) groups excluding carboxylic acids is 1. The van der Waals surface area contributed by atoms with Crippen molar-refractivity contribution in [2.45, 2.75) is 39.5 Å². The predicted molar refractivity (Wildman–Crippen MR) is 117 cm³/mol. The van der Waals surface area contributed by atoms with Crippen molar-refractivity contribution < 1.29 is 9.53 Å². The number of unbranched alkanes of at least 4 members (excludes halogenated alkanes) is 3. The number of aromatic nitrogens is 1. The van der Waals surface area contributed by atoms with Crippen LogP contribution in [0, 0.1) is 6.92 Å². The number of amides is 1. The number of morpholine rings is 1. The van der Waals surface area contributed by atoms with Crippen LogP contribution < -0.4 is 0 Å². The molecule has 3 rings (SSSR count). The van der Waals surface area contributed by atoms with E-state index in [1.54, 1.807) is 11.3 Å². The quantitative estimate of drug-likeness (QED) is 0.529. The van der Waals surface area contributed by atoms with Gasteiger partial charge in [-0.25, -0.2) is 4.98 Å². The van der Waals surface area contributed by atoms with E-state index in [9.17, 15) is 4.79 Å². The Labute approximate surface area is 176 Å². The minimum Gasteiger partial charge on any atom is -0.379 e. The molecular weight excluding hydrogens is 390 g/mol. The van der Waals surface area contributed by atoms with Crippen molar-refractivity contribution in [2.24, 2.45) is 0 Å². The molecule has 1 amide bonds. The Balaban J connectivity index is 1.67. The van der Waals surface area contributed by atoms with Crippen molar-refractivity contribution in [2.75, 3.05) is 45.9 Å². The molecule has 0 aromatic carbocycles. The van der Waals surface area contributed by atoms with Crippen molar-refractivity contribution >= 4 is 28.6 Å². The van der Waals surface area contributed by atoms with Gasteiger partial charge in [-0.2, -0.15) is 11.3 Å². The second-order valence-corrected chi connectivity index (χ2v) is 9.03. The summed E-state index contributed by atoms with van der Waals surface area (Å²) in [5.41, 5.74) is 1.96. The van der Waals surface area contributed by atoms with Crippen molar-refractivity contribution in [1.29, 1.82) is 0 Å². The van der Waals surface area contributed by atoms with Crippen LogP contribution in [0.1, 0.15) is 48.0 Å². The maximum atomic E-state index is 13.3. The number of ether oxygens (including phenoxy) is 1. The fourth-order valence-electron chi connectivity index (χ4n) is 3.38. The second-order valence-electron chi connectivity index (χ2n) is 7.25. The minimum absolute atomic E-state index is 0.140. The van der Waals surface area contributed by atoms with E-state index in [0.717, 1.165) is 73.5 Å². The van der Waals surface area contributed by atoms with Crippen LogP contribution in [-0.4, -0.2) is 66.6 Å². The van der Waals surface area contributed by atoms with Gasteiger partial charge in [0.25, 0.3) is 5.91 Å². The molecule has 3 heterocycles. The lowest BCUT2D eigenvalue weighted by Gasteiger charge is -2.30. The van der Waals surface area contributed by atoms with Gasteiger partial charge in [-0.3, -0.25) is 9.69 Å². The molecule has 28 heavy (non-hydrogen) atoms.